The van der Waals surface area contributed by atoms with E-state index in [1.807, 2.05) is 30.0 Å². The smallest absolute Gasteiger partial charge is 0.227 e. The molecule has 0 aliphatic carbocycles. The number of piperazine rings is 1. The summed E-state index contributed by atoms with van der Waals surface area (Å²) in [5.74, 6) is 0.208. The minimum absolute atomic E-state index is 0.208. The van der Waals surface area contributed by atoms with Gasteiger partial charge in [-0.15, -0.1) is 0 Å². The van der Waals surface area contributed by atoms with Crippen LogP contribution in [0.25, 0.3) is 10.9 Å². The standard InChI is InChI=1S/C17H22ClN3O/c1-3-20-6-8-21(9-7-20)17(22)11-14-12(2)19-16-5-4-13(18)10-15(14)16/h4-5,10,19H,3,6-9,11H2,1-2H3. The molecular weight excluding hydrogens is 298 g/mol. The number of nitrogens with one attached hydrogen (secondary N) is 1. The highest BCUT2D eigenvalue weighted by Gasteiger charge is 2.22. The quantitative estimate of drug-likeness (QED) is 0.945. The van der Waals surface area contributed by atoms with Crippen molar-refractivity contribution in [2.75, 3.05) is 32.7 Å². The van der Waals surface area contributed by atoms with Gasteiger partial charge < -0.3 is 14.8 Å². The van der Waals surface area contributed by atoms with Crippen molar-refractivity contribution in [3.63, 3.8) is 0 Å². The normalized spacial score (nSPS) is 16.4. The van der Waals surface area contributed by atoms with Crippen LogP contribution < -0.4 is 0 Å². The summed E-state index contributed by atoms with van der Waals surface area (Å²) in [6, 6.07) is 5.78. The molecule has 3 rings (SSSR count). The molecule has 0 saturated carbocycles. The highest BCUT2D eigenvalue weighted by atomic mass is 35.5. The third kappa shape index (κ3) is 2.99. The summed E-state index contributed by atoms with van der Waals surface area (Å²) in [5, 5.41) is 1.77. The molecule has 118 valence electrons. The van der Waals surface area contributed by atoms with Crippen LogP contribution in [0, 0.1) is 6.92 Å². The lowest BCUT2D eigenvalue weighted by atomic mass is 10.1. The van der Waals surface area contributed by atoms with Crippen molar-refractivity contribution in [1.29, 1.82) is 0 Å². The van der Waals surface area contributed by atoms with Crippen molar-refractivity contribution in [1.82, 2.24) is 14.8 Å². The Bertz CT molecular complexity index is 687. The van der Waals surface area contributed by atoms with Gasteiger partial charge in [-0.3, -0.25) is 4.79 Å². The zero-order valence-corrected chi connectivity index (χ0v) is 13.9. The molecule has 0 radical (unpaired) electrons. The average molecular weight is 320 g/mol. The van der Waals surface area contributed by atoms with E-state index in [1.54, 1.807) is 0 Å². The van der Waals surface area contributed by atoms with Crippen LogP contribution in [-0.2, 0) is 11.2 Å². The number of benzene rings is 1. The Hall–Kier alpha value is -1.52. The molecule has 1 aromatic heterocycles. The Morgan fingerprint density at radius 1 is 1.27 bits per heavy atom. The highest BCUT2D eigenvalue weighted by Crippen LogP contribution is 2.26. The first-order chi connectivity index (χ1) is 10.6. The molecule has 1 fully saturated rings. The number of halogens is 1. The van der Waals surface area contributed by atoms with E-state index in [-0.39, 0.29) is 5.91 Å². The number of aromatic nitrogens is 1. The Labute approximate surface area is 136 Å². The fourth-order valence-electron chi connectivity index (χ4n) is 3.16. The molecule has 0 spiro atoms. The van der Waals surface area contributed by atoms with E-state index >= 15 is 0 Å². The maximum Gasteiger partial charge on any atom is 0.227 e. The van der Waals surface area contributed by atoms with Crippen LogP contribution in [0.3, 0.4) is 0 Å². The van der Waals surface area contributed by atoms with E-state index in [2.05, 4.69) is 16.8 Å². The summed E-state index contributed by atoms with van der Waals surface area (Å²) in [7, 11) is 0. The van der Waals surface area contributed by atoms with E-state index in [0.717, 1.165) is 54.9 Å². The van der Waals surface area contributed by atoms with Gasteiger partial charge in [-0.25, -0.2) is 0 Å². The largest absolute Gasteiger partial charge is 0.358 e. The second-order valence-corrected chi connectivity index (χ2v) is 6.35. The third-order valence-corrected chi connectivity index (χ3v) is 4.82. The Kier molecular flexibility index (Phi) is 4.41. The molecule has 1 N–H and O–H groups in total. The number of likely N-dealkylation sites (N-methyl/N-ethyl adjacent to an activating group) is 1. The predicted octanol–water partition coefficient (Wildman–Crippen LogP) is 2.84. The molecule has 1 aromatic carbocycles. The van der Waals surface area contributed by atoms with Gasteiger partial charge in [0, 0.05) is 47.8 Å². The molecule has 5 heteroatoms. The van der Waals surface area contributed by atoms with Crippen molar-refractivity contribution in [3.8, 4) is 0 Å². The lowest BCUT2D eigenvalue weighted by Crippen LogP contribution is -2.48. The first-order valence-electron chi connectivity index (χ1n) is 7.85. The molecule has 0 atom stereocenters. The number of nitrogens with zero attached hydrogens (tertiary/aromatic N) is 2. The molecule has 2 heterocycles. The Morgan fingerprint density at radius 3 is 2.68 bits per heavy atom. The van der Waals surface area contributed by atoms with Gasteiger partial charge >= 0.3 is 0 Å². The number of carbonyl (C=O) groups excluding carboxylic acids is 1. The molecule has 22 heavy (non-hydrogen) atoms. The molecule has 1 aliphatic heterocycles. The van der Waals surface area contributed by atoms with Crippen LogP contribution in [0.4, 0.5) is 0 Å². The zero-order chi connectivity index (χ0) is 15.7. The minimum Gasteiger partial charge on any atom is -0.358 e. The SMILES string of the molecule is CCN1CCN(C(=O)Cc2c(C)[nH]c3ccc(Cl)cc23)CC1. The number of hydrogen-bond acceptors (Lipinski definition) is 2. The van der Waals surface area contributed by atoms with Gasteiger partial charge in [-0.1, -0.05) is 18.5 Å². The van der Waals surface area contributed by atoms with Gasteiger partial charge in [0.25, 0.3) is 0 Å². The number of carbonyl (C=O) groups is 1. The van der Waals surface area contributed by atoms with Crippen LogP contribution >= 0.6 is 11.6 Å². The third-order valence-electron chi connectivity index (χ3n) is 4.58. The van der Waals surface area contributed by atoms with Crippen molar-refractivity contribution >= 4 is 28.4 Å². The van der Waals surface area contributed by atoms with E-state index in [0.29, 0.717) is 11.4 Å². The highest BCUT2D eigenvalue weighted by molar-refractivity contribution is 6.31. The Morgan fingerprint density at radius 2 is 2.00 bits per heavy atom. The number of aryl methyl sites for hydroxylation is 1. The summed E-state index contributed by atoms with van der Waals surface area (Å²) in [6.45, 7) is 8.84. The lowest BCUT2D eigenvalue weighted by Gasteiger charge is -2.34. The minimum atomic E-state index is 0.208. The topological polar surface area (TPSA) is 39.3 Å². The molecule has 1 saturated heterocycles. The van der Waals surface area contributed by atoms with Crippen LogP contribution in [0.5, 0.6) is 0 Å². The maximum atomic E-state index is 12.6. The van der Waals surface area contributed by atoms with Crippen LogP contribution in [-0.4, -0.2) is 53.4 Å². The van der Waals surface area contributed by atoms with Gasteiger partial charge in [0.05, 0.1) is 6.42 Å². The number of rotatable bonds is 3. The number of amides is 1. The fourth-order valence-corrected chi connectivity index (χ4v) is 3.33. The van der Waals surface area contributed by atoms with Crippen molar-refractivity contribution in [2.24, 2.45) is 0 Å². The van der Waals surface area contributed by atoms with Gasteiger partial charge in [0.1, 0.15) is 0 Å². The first kappa shape index (κ1) is 15.4. The van der Waals surface area contributed by atoms with E-state index in [4.69, 9.17) is 11.6 Å². The monoisotopic (exact) mass is 319 g/mol. The molecule has 0 unspecified atom stereocenters. The molecule has 2 aromatic rings. The van der Waals surface area contributed by atoms with Crippen LogP contribution in [0.2, 0.25) is 5.02 Å². The second kappa shape index (κ2) is 6.31. The first-order valence-corrected chi connectivity index (χ1v) is 8.23. The summed E-state index contributed by atoms with van der Waals surface area (Å²) < 4.78 is 0. The summed E-state index contributed by atoms with van der Waals surface area (Å²) in [4.78, 5) is 20.3. The Balaban J connectivity index is 1.77. The summed E-state index contributed by atoms with van der Waals surface area (Å²) in [6.07, 6.45) is 0.443. The van der Waals surface area contributed by atoms with Gasteiger partial charge in [-0.05, 0) is 37.2 Å². The zero-order valence-electron chi connectivity index (χ0n) is 13.2. The molecular formula is C17H22ClN3O. The molecule has 0 bridgehead atoms. The van der Waals surface area contributed by atoms with Crippen molar-refractivity contribution in [3.05, 3.63) is 34.5 Å². The summed E-state index contributed by atoms with van der Waals surface area (Å²) in [5.41, 5.74) is 3.17. The van der Waals surface area contributed by atoms with E-state index < -0.39 is 0 Å². The molecule has 1 amide bonds. The van der Waals surface area contributed by atoms with E-state index in [1.165, 1.54) is 0 Å². The van der Waals surface area contributed by atoms with Gasteiger partial charge in [-0.2, -0.15) is 0 Å². The predicted molar refractivity (Wildman–Crippen MR) is 90.4 cm³/mol. The maximum absolute atomic E-state index is 12.6. The number of H-pyrrole nitrogens is 1. The second-order valence-electron chi connectivity index (χ2n) is 5.91. The van der Waals surface area contributed by atoms with E-state index in [9.17, 15) is 4.79 Å². The molecule has 1 aliphatic rings. The van der Waals surface area contributed by atoms with Crippen LogP contribution in [0.1, 0.15) is 18.2 Å². The summed E-state index contributed by atoms with van der Waals surface area (Å²) >= 11 is 6.10. The number of fused-ring (bicyclic) bond motifs is 1. The van der Waals surface area contributed by atoms with Crippen molar-refractivity contribution in [2.45, 2.75) is 20.3 Å². The molecule has 4 nitrogen and oxygen atoms in total. The van der Waals surface area contributed by atoms with Crippen molar-refractivity contribution < 1.29 is 4.79 Å². The number of aromatic amines is 1. The average Bonchev–Trinajstić information content (AvgIpc) is 2.83. The van der Waals surface area contributed by atoms with Crippen LogP contribution in [0.15, 0.2) is 18.2 Å². The fraction of sp³-hybridized carbons (Fsp3) is 0.471. The van der Waals surface area contributed by atoms with Gasteiger partial charge in [0.15, 0.2) is 0 Å². The van der Waals surface area contributed by atoms with Gasteiger partial charge in [0.2, 0.25) is 5.91 Å². The number of hydrogen-bond donors (Lipinski definition) is 1. The lowest BCUT2D eigenvalue weighted by molar-refractivity contribution is -0.132.